The van der Waals surface area contributed by atoms with Crippen LogP contribution in [0.1, 0.15) is 31.0 Å². The van der Waals surface area contributed by atoms with Gasteiger partial charge in [-0.15, -0.1) is 0 Å². The zero-order valence-electron chi connectivity index (χ0n) is 11.3. The molecule has 1 rings (SSSR count). The van der Waals surface area contributed by atoms with Gasteiger partial charge in [-0.3, -0.25) is 0 Å². The molecule has 1 unspecified atom stereocenters. The zero-order chi connectivity index (χ0) is 13.5. The summed E-state index contributed by atoms with van der Waals surface area (Å²) in [6, 6.07) is 8.02. The van der Waals surface area contributed by atoms with Crippen molar-refractivity contribution in [3.8, 4) is 0 Å². The van der Waals surface area contributed by atoms with Crippen LogP contribution in [0.3, 0.4) is 0 Å². The maximum atomic E-state index is 11.7. The van der Waals surface area contributed by atoms with Gasteiger partial charge in [0.15, 0.2) is 0 Å². The minimum atomic E-state index is -0.170. The number of amides is 2. The number of aryl methyl sites for hydroxylation is 1. The van der Waals surface area contributed by atoms with E-state index in [9.17, 15) is 4.79 Å². The van der Waals surface area contributed by atoms with Crippen LogP contribution in [0.4, 0.5) is 4.79 Å². The first-order chi connectivity index (χ1) is 8.58. The third kappa shape index (κ3) is 4.04. The van der Waals surface area contributed by atoms with Crippen LogP contribution in [0.15, 0.2) is 24.3 Å². The summed E-state index contributed by atoms with van der Waals surface area (Å²) in [4.78, 5) is 13.2. The van der Waals surface area contributed by atoms with E-state index < -0.39 is 0 Å². The molecule has 0 spiro atoms. The monoisotopic (exact) mass is 250 g/mol. The van der Waals surface area contributed by atoms with Gasteiger partial charge in [-0.2, -0.15) is 0 Å². The Hall–Kier alpha value is -1.55. The Kier molecular flexibility index (Phi) is 5.65. The van der Waals surface area contributed by atoms with Crippen LogP contribution < -0.4 is 5.32 Å². The summed E-state index contributed by atoms with van der Waals surface area (Å²) in [5.41, 5.74) is 2.37. The number of nitrogens with zero attached hydrogens (tertiary/aromatic N) is 1. The van der Waals surface area contributed by atoms with Crippen molar-refractivity contribution in [2.45, 2.75) is 26.3 Å². The Balaban J connectivity index is 2.58. The predicted molar refractivity (Wildman–Crippen MR) is 72.5 cm³/mol. The molecule has 0 aliphatic carbocycles. The Bertz CT molecular complexity index is 376. The van der Waals surface area contributed by atoms with E-state index >= 15 is 0 Å². The van der Waals surface area contributed by atoms with Crippen molar-refractivity contribution in [3.63, 3.8) is 0 Å². The van der Waals surface area contributed by atoms with E-state index in [4.69, 9.17) is 5.11 Å². The Labute approximate surface area is 109 Å². The fourth-order valence-electron chi connectivity index (χ4n) is 1.67. The summed E-state index contributed by atoms with van der Waals surface area (Å²) in [6.45, 7) is 4.38. The van der Waals surface area contributed by atoms with E-state index in [-0.39, 0.29) is 18.7 Å². The first-order valence-corrected chi connectivity index (χ1v) is 6.29. The molecule has 0 aliphatic rings. The molecule has 0 heterocycles. The van der Waals surface area contributed by atoms with Gasteiger partial charge in [-0.05, 0) is 24.5 Å². The molecule has 4 heteroatoms. The second-order valence-electron chi connectivity index (χ2n) is 4.41. The number of hydrogen-bond acceptors (Lipinski definition) is 2. The van der Waals surface area contributed by atoms with Gasteiger partial charge in [0.1, 0.15) is 0 Å². The van der Waals surface area contributed by atoms with Crippen LogP contribution in [-0.4, -0.2) is 36.2 Å². The van der Waals surface area contributed by atoms with E-state index in [0.717, 1.165) is 12.0 Å². The zero-order valence-corrected chi connectivity index (χ0v) is 11.3. The molecule has 4 nitrogen and oxygen atoms in total. The van der Waals surface area contributed by atoms with E-state index in [1.807, 2.05) is 19.1 Å². The van der Waals surface area contributed by atoms with E-state index in [1.54, 1.807) is 7.05 Å². The molecule has 0 fully saturated rings. The maximum Gasteiger partial charge on any atom is 0.317 e. The van der Waals surface area contributed by atoms with Crippen molar-refractivity contribution in [3.05, 3.63) is 35.4 Å². The van der Waals surface area contributed by atoms with Crippen molar-refractivity contribution in [2.24, 2.45) is 0 Å². The number of aliphatic hydroxyl groups excluding tert-OH is 1. The number of carbonyl (C=O) groups is 1. The Morgan fingerprint density at radius 3 is 2.50 bits per heavy atom. The number of rotatable bonds is 5. The van der Waals surface area contributed by atoms with Crippen LogP contribution in [0.2, 0.25) is 0 Å². The average Bonchev–Trinajstić information content (AvgIpc) is 2.39. The largest absolute Gasteiger partial charge is 0.395 e. The standard InChI is InChI=1S/C14H22N2O2/c1-4-12-5-7-13(8-6-12)11(2)15-14(18)16(3)9-10-17/h5-8,11,17H,4,9-10H2,1-3H3,(H,15,18). The van der Waals surface area contributed by atoms with Gasteiger partial charge in [0.25, 0.3) is 0 Å². The normalized spacial score (nSPS) is 12.0. The molecule has 0 saturated heterocycles. The summed E-state index contributed by atoms with van der Waals surface area (Å²) >= 11 is 0. The minimum absolute atomic E-state index is 0.0243. The van der Waals surface area contributed by atoms with Crippen molar-refractivity contribution in [1.29, 1.82) is 0 Å². The number of urea groups is 1. The van der Waals surface area contributed by atoms with Crippen LogP contribution in [0, 0.1) is 0 Å². The number of likely N-dealkylation sites (N-methyl/N-ethyl adjacent to an activating group) is 1. The molecular formula is C14H22N2O2. The summed E-state index contributed by atoms with van der Waals surface area (Å²) in [5.74, 6) is 0. The van der Waals surface area contributed by atoms with E-state index in [1.165, 1.54) is 10.5 Å². The van der Waals surface area contributed by atoms with Crippen LogP contribution in [0.25, 0.3) is 0 Å². The highest BCUT2D eigenvalue weighted by molar-refractivity contribution is 5.74. The topological polar surface area (TPSA) is 52.6 Å². The van der Waals surface area contributed by atoms with Gasteiger partial charge in [0.05, 0.1) is 12.6 Å². The molecule has 0 aromatic heterocycles. The summed E-state index contributed by atoms with van der Waals surface area (Å²) in [7, 11) is 1.67. The molecule has 18 heavy (non-hydrogen) atoms. The third-order valence-electron chi connectivity index (χ3n) is 3.01. The Morgan fingerprint density at radius 1 is 1.39 bits per heavy atom. The highest BCUT2D eigenvalue weighted by atomic mass is 16.3. The summed E-state index contributed by atoms with van der Waals surface area (Å²) in [6.07, 6.45) is 1.01. The SMILES string of the molecule is CCc1ccc(C(C)NC(=O)N(C)CCO)cc1. The third-order valence-corrected chi connectivity index (χ3v) is 3.01. The lowest BCUT2D eigenvalue weighted by Gasteiger charge is -2.21. The first-order valence-electron chi connectivity index (χ1n) is 6.29. The van der Waals surface area contributed by atoms with Crippen LogP contribution >= 0.6 is 0 Å². The summed E-state index contributed by atoms with van der Waals surface area (Å²) in [5, 5.41) is 11.7. The molecule has 0 aliphatic heterocycles. The predicted octanol–water partition coefficient (Wildman–Crippen LogP) is 1.94. The number of aliphatic hydroxyl groups is 1. The van der Waals surface area contributed by atoms with E-state index in [2.05, 4.69) is 24.4 Å². The van der Waals surface area contributed by atoms with E-state index in [0.29, 0.717) is 6.54 Å². The lowest BCUT2D eigenvalue weighted by Crippen LogP contribution is -2.39. The number of carbonyl (C=O) groups excluding carboxylic acids is 1. The van der Waals surface area contributed by atoms with Crippen LogP contribution in [-0.2, 0) is 6.42 Å². The maximum absolute atomic E-state index is 11.7. The van der Waals surface area contributed by atoms with Gasteiger partial charge in [-0.1, -0.05) is 31.2 Å². The van der Waals surface area contributed by atoms with Gasteiger partial charge in [0, 0.05) is 13.6 Å². The molecule has 0 radical (unpaired) electrons. The fourth-order valence-corrected chi connectivity index (χ4v) is 1.67. The Morgan fingerprint density at radius 2 is 2.00 bits per heavy atom. The lowest BCUT2D eigenvalue weighted by molar-refractivity contribution is 0.188. The quantitative estimate of drug-likeness (QED) is 0.839. The van der Waals surface area contributed by atoms with Gasteiger partial charge in [-0.25, -0.2) is 4.79 Å². The van der Waals surface area contributed by atoms with Crippen molar-refractivity contribution in [2.75, 3.05) is 20.2 Å². The second kappa shape index (κ2) is 7.01. The van der Waals surface area contributed by atoms with Crippen molar-refractivity contribution in [1.82, 2.24) is 10.2 Å². The minimum Gasteiger partial charge on any atom is -0.395 e. The second-order valence-corrected chi connectivity index (χ2v) is 4.41. The highest BCUT2D eigenvalue weighted by Crippen LogP contribution is 2.13. The number of nitrogens with one attached hydrogen (secondary N) is 1. The molecule has 1 aromatic carbocycles. The van der Waals surface area contributed by atoms with Crippen molar-refractivity contribution < 1.29 is 9.90 Å². The molecular weight excluding hydrogens is 228 g/mol. The van der Waals surface area contributed by atoms with Gasteiger partial charge in [0.2, 0.25) is 0 Å². The molecule has 0 bridgehead atoms. The van der Waals surface area contributed by atoms with Gasteiger partial charge < -0.3 is 15.3 Å². The fraction of sp³-hybridized carbons (Fsp3) is 0.500. The molecule has 100 valence electrons. The smallest absolute Gasteiger partial charge is 0.317 e. The average molecular weight is 250 g/mol. The molecule has 0 saturated carbocycles. The first kappa shape index (κ1) is 14.5. The van der Waals surface area contributed by atoms with Gasteiger partial charge >= 0.3 is 6.03 Å². The molecule has 2 N–H and O–H groups in total. The van der Waals surface area contributed by atoms with Crippen LogP contribution in [0.5, 0.6) is 0 Å². The number of hydrogen-bond donors (Lipinski definition) is 2. The molecule has 1 aromatic rings. The highest BCUT2D eigenvalue weighted by Gasteiger charge is 2.12. The molecule has 1 atom stereocenters. The molecule has 2 amide bonds. The number of benzene rings is 1. The summed E-state index contributed by atoms with van der Waals surface area (Å²) < 4.78 is 0. The lowest BCUT2D eigenvalue weighted by atomic mass is 10.1. The van der Waals surface area contributed by atoms with Crippen molar-refractivity contribution >= 4 is 6.03 Å².